The predicted molar refractivity (Wildman–Crippen MR) is 80.8 cm³/mol. The topological polar surface area (TPSA) is 52.6 Å². The molecule has 0 saturated carbocycles. The van der Waals surface area contributed by atoms with Gasteiger partial charge in [0.15, 0.2) is 0 Å². The highest BCUT2D eigenvalue weighted by molar-refractivity contribution is 5.88. The zero-order valence-corrected chi connectivity index (χ0v) is 11.9. The van der Waals surface area contributed by atoms with Crippen molar-refractivity contribution in [2.45, 2.75) is 20.4 Å². The van der Waals surface area contributed by atoms with Crippen LogP contribution in [0, 0.1) is 0 Å². The van der Waals surface area contributed by atoms with Crippen LogP contribution < -0.4 is 5.32 Å². The standard InChI is InChI=1S/C16H20N2O2/c1-3-18(4-2)16(20)17-11-14-13-8-6-5-7-12(13)9-10-15(14)19/h5-10,19H,3-4,11H2,1-2H3,(H,17,20). The van der Waals surface area contributed by atoms with Crippen molar-refractivity contribution in [1.29, 1.82) is 0 Å². The van der Waals surface area contributed by atoms with Crippen LogP contribution in [0.2, 0.25) is 0 Å². The van der Waals surface area contributed by atoms with Gasteiger partial charge in [-0.15, -0.1) is 0 Å². The first-order valence-electron chi connectivity index (χ1n) is 6.89. The second-order valence-electron chi connectivity index (χ2n) is 4.62. The molecule has 0 aliphatic rings. The van der Waals surface area contributed by atoms with E-state index in [2.05, 4.69) is 5.32 Å². The molecule has 0 fully saturated rings. The minimum absolute atomic E-state index is 0.109. The van der Waals surface area contributed by atoms with Gasteiger partial charge in [0.1, 0.15) is 5.75 Å². The van der Waals surface area contributed by atoms with Crippen LogP contribution in [0.25, 0.3) is 10.8 Å². The maximum atomic E-state index is 12.0. The summed E-state index contributed by atoms with van der Waals surface area (Å²) in [7, 11) is 0. The number of hydrogen-bond donors (Lipinski definition) is 2. The van der Waals surface area contributed by atoms with Crippen molar-refractivity contribution in [3.8, 4) is 5.75 Å². The number of benzene rings is 2. The zero-order chi connectivity index (χ0) is 14.5. The van der Waals surface area contributed by atoms with Gasteiger partial charge in [-0.1, -0.05) is 30.3 Å². The van der Waals surface area contributed by atoms with Gasteiger partial charge in [0.05, 0.1) is 0 Å². The first kappa shape index (κ1) is 14.2. The van der Waals surface area contributed by atoms with E-state index in [1.165, 1.54) is 0 Å². The Kier molecular flexibility index (Phi) is 4.45. The quantitative estimate of drug-likeness (QED) is 0.898. The van der Waals surface area contributed by atoms with E-state index in [0.29, 0.717) is 19.6 Å². The molecule has 2 aromatic rings. The highest BCUT2D eigenvalue weighted by atomic mass is 16.3. The molecular formula is C16H20N2O2. The minimum atomic E-state index is -0.109. The molecule has 0 aromatic heterocycles. The molecule has 0 bridgehead atoms. The number of carbonyl (C=O) groups is 1. The highest BCUT2D eigenvalue weighted by Crippen LogP contribution is 2.26. The number of nitrogens with one attached hydrogen (secondary N) is 1. The van der Waals surface area contributed by atoms with Gasteiger partial charge in [0, 0.05) is 25.2 Å². The number of nitrogens with zero attached hydrogens (tertiary/aromatic N) is 1. The summed E-state index contributed by atoms with van der Waals surface area (Å²) in [5, 5.41) is 14.9. The average Bonchev–Trinajstić information content (AvgIpc) is 2.47. The molecule has 0 heterocycles. The Hall–Kier alpha value is -2.23. The van der Waals surface area contributed by atoms with Crippen molar-refractivity contribution in [3.05, 3.63) is 42.0 Å². The molecule has 20 heavy (non-hydrogen) atoms. The van der Waals surface area contributed by atoms with Crippen molar-refractivity contribution >= 4 is 16.8 Å². The van der Waals surface area contributed by atoms with Crippen LogP contribution in [-0.4, -0.2) is 29.1 Å². The van der Waals surface area contributed by atoms with Crippen LogP contribution >= 0.6 is 0 Å². The summed E-state index contributed by atoms with van der Waals surface area (Å²) in [6.45, 7) is 5.55. The van der Waals surface area contributed by atoms with Gasteiger partial charge in [0.25, 0.3) is 0 Å². The Morgan fingerprint density at radius 2 is 1.85 bits per heavy atom. The van der Waals surface area contributed by atoms with Crippen LogP contribution in [0.1, 0.15) is 19.4 Å². The largest absolute Gasteiger partial charge is 0.508 e. The van der Waals surface area contributed by atoms with Gasteiger partial charge >= 0.3 is 6.03 Å². The average molecular weight is 272 g/mol. The lowest BCUT2D eigenvalue weighted by molar-refractivity contribution is 0.203. The number of hydrogen-bond acceptors (Lipinski definition) is 2. The van der Waals surface area contributed by atoms with Gasteiger partial charge in [-0.2, -0.15) is 0 Å². The fraction of sp³-hybridized carbons (Fsp3) is 0.312. The molecule has 0 atom stereocenters. The van der Waals surface area contributed by atoms with Crippen molar-refractivity contribution < 1.29 is 9.90 Å². The first-order valence-corrected chi connectivity index (χ1v) is 6.89. The normalized spacial score (nSPS) is 10.5. The maximum absolute atomic E-state index is 12.0. The number of aromatic hydroxyl groups is 1. The minimum Gasteiger partial charge on any atom is -0.508 e. The van der Waals surface area contributed by atoms with Crippen molar-refractivity contribution in [2.24, 2.45) is 0 Å². The number of rotatable bonds is 4. The second-order valence-corrected chi connectivity index (χ2v) is 4.62. The molecule has 0 aliphatic heterocycles. The van der Waals surface area contributed by atoms with E-state index in [1.807, 2.05) is 44.2 Å². The molecule has 0 spiro atoms. The Bertz CT molecular complexity index is 606. The molecule has 2 amide bonds. The maximum Gasteiger partial charge on any atom is 0.317 e. The molecular weight excluding hydrogens is 252 g/mol. The molecule has 0 radical (unpaired) electrons. The summed E-state index contributed by atoms with van der Waals surface area (Å²) in [6.07, 6.45) is 0. The third-order valence-corrected chi connectivity index (χ3v) is 3.48. The fourth-order valence-corrected chi connectivity index (χ4v) is 2.30. The van der Waals surface area contributed by atoms with E-state index in [4.69, 9.17) is 0 Å². The number of phenols is 1. The molecule has 4 nitrogen and oxygen atoms in total. The summed E-state index contributed by atoms with van der Waals surface area (Å²) in [5.41, 5.74) is 0.753. The Balaban J connectivity index is 2.21. The van der Waals surface area contributed by atoms with Crippen molar-refractivity contribution in [1.82, 2.24) is 10.2 Å². The summed E-state index contributed by atoms with van der Waals surface area (Å²) in [4.78, 5) is 13.7. The fourth-order valence-electron chi connectivity index (χ4n) is 2.30. The van der Waals surface area contributed by atoms with Gasteiger partial charge in [-0.25, -0.2) is 4.79 Å². The van der Waals surface area contributed by atoms with E-state index in [0.717, 1.165) is 16.3 Å². The predicted octanol–water partition coefficient (Wildman–Crippen LogP) is 3.10. The van der Waals surface area contributed by atoms with Crippen LogP contribution in [0.3, 0.4) is 0 Å². The van der Waals surface area contributed by atoms with E-state index in [-0.39, 0.29) is 11.8 Å². The molecule has 0 aliphatic carbocycles. The number of urea groups is 1. The third-order valence-electron chi connectivity index (χ3n) is 3.48. The van der Waals surface area contributed by atoms with Crippen molar-refractivity contribution in [2.75, 3.05) is 13.1 Å². The monoisotopic (exact) mass is 272 g/mol. The summed E-state index contributed by atoms with van der Waals surface area (Å²) >= 11 is 0. The molecule has 0 saturated heterocycles. The van der Waals surface area contributed by atoms with Crippen molar-refractivity contribution in [3.63, 3.8) is 0 Å². The third kappa shape index (κ3) is 2.85. The number of amides is 2. The lowest BCUT2D eigenvalue weighted by Gasteiger charge is -2.19. The van der Waals surface area contributed by atoms with Gasteiger partial charge in [-0.3, -0.25) is 0 Å². The summed E-state index contributed by atoms with van der Waals surface area (Å²) in [5.74, 6) is 0.212. The smallest absolute Gasteiger partial charge is 0.317 e. The molecule has 106 valence electrons. The summed E-state index contributed by atoms with van der Waals surface area (Å²) < 4.78 is 0. The number of phenolic OH excluding ortho intramolecular Hbond substituents is 1. The van der Waals surface area contributed by atoms with E-state index < -0.39 is 0 Å². The van der Waals surface area contributed by atoms with Crippen LogP contribution in [0.4, 0.5) is 4.79 Å². The van der Waals surface area contributed by atoms with E-state index in [9.17, 15) is 9.90 Å². The van der Waals surface area contributed by atoms with E-state index in [1.54, 1.807) is 11.0 Å². The summed E-state index contributed by atoms with van der Waals surface area (Å²) in [6, 6.07) is 11.3. The van der Waals surface area contributed by atoms with Gasteiger partial charge < -0.3 is 15.3 Å². The Labute approximate surface area is 119 Å². The lowest BCUT2D eigenvalue weighted by atomic mass is 10.0. The van der Waals surface area contributed by atoms with Crippen LogP contribution in [0.5, 0.6) is 5.75 Å². The number of fused-ring (bicyclic) bond motifs is 1. The Morgan fingerprint density at radius 1 is 1.15 bits per heavy atom. The van der Waals surface area contributed by atoms with Crippen LogP contribution in [-0.2, 0) is 6.54 Å². The zero-order valence-electron chi connectivity index (χ0n) is 11.9. The molecule has 2 N–H and O–H groups in total. The molecule has 2 rings (SSSR count). The first-order chi connectivity index (χ1) is 9.67. The molecule has 4 heteroatoms. The number of carbonyl (C=O) groups excluding carboxylic acids is 1. The van der Waals surface area contributed by atoms with Gasteiger partial charge in [0.2, 0.25) is 0 Å². The SMILES string of the molecule is CCN(CC)C(=O)NCc1c(O)ccc2ccccc12. The molecule has 0 unspecified atom stereocenters. The highest BCUT2D eigenvalue weighted by Gasteiger charge is 2.11. The second kappa shape index (κ2) is 6.28. The molecule has 2 aromatic carbocycles. The van der Waals surface area contributed by atoms with E-state index >= 15 is 0 Å². The Morgan fingerprint density at radius 3 is 2.55 bits per heavy atom. The lowest BCUT2D eigenvalue weighted by Crippen LogP contribution is -2.39. The van der Waals surface area contributed by atoms with Crippen LogP contribution in [0.15, 0.2) is 36.4 Å². The van der Waals surface area contributed by atoms with Gasteiger partial charge in [-0.05, 0) is 30.7 Å².